The normalized spacial score (nSPS) is 14.7. The second-order valence-electron chi connectivity index (χ2n) is 3.76. The molecule has 1 atom stereocenters. The van der Waals surface area contributed by atoms with Gasteiger partial charge in [-0.2, -0.15) is 0 Å². The summed E-state index contributed by atoms with van der Waals surface area (Å²) in [6, 6.07) is 7.93. The molecule has 1 aromatic carbocycles. The van der Waals surface area contributed by atoms with Crippen molar-refractivity contribution in [2.24, 2.45) is 0 Å². The fraction of sp³-hybridized carbons (Fsp3) is 0.200. The van der Waals surface area contributed by atoms with Gasteiger partial charge >= 0.3 is 0 Å². The van der Waals surface area contributed by atoms with E-state index in [1.807, 2.05) is 37.3 Å². The molecular weight excluding hydrogens is 251 g/mol. The summed E-state index contributed by atoms with van der Waals surface area (Å²) in [6.45, 7) is 4.17. The van der Waals surface area contributed by atoms with E-state index in [4.69, 9.17) is 23.2 Å². The first-order valence-electron chi connectivity index (χ1n) is 5.54. The number of halogens is 2. The van der Waals surface area contributed by atoms with Gasteiger partial charge in [0.2, 0.25) is 0 Å². The molecule has 1 aromatic rings. The van der Waals surface area contributed by atoms with Gasteiger partial charge < -0.3 is 0 Å². The van der Waals surface area contributed by atoms with Gasteiger partial charge in [-0.05, 0) is 30.2 Å². The molecule has 0 spiro atoms. The molecule has 1 rings (SSSR count). The van der Waals surface area contributed by atoms with E-state index >= 15 is 0 Å². The highest BCUT2D eigenvalue weighted by molar-refractivity contribution is 6.30. The fourth-order valence-corrected chi connectivity index (χ4v) is 1.83. The maximum absolute atomic E-state index is 5.88. The zero-order valence-corrected chi connectivity index (χ0v) is 11.5. The Bertz CT molecular complexity index is 425. The summed E-state index contributed by atoms with van der Waals surface area (Å²) in [7, 11) is 0. The predicted octanol–water partition coefficient (Wildman–Crippen LogP) is 5.70. The Balaban J connectivity index is 2.99. The Morgan fingerprint density at radius 3 is 2.41 bits per heavy atom. The van der Waals surface area contributed by atoms with E-state index in [0.717, 1.165) is 5.02 Å². The first kappa shape index (κ1) is 14.1. The van der Waals surface area contributed by atoms with Crippen molar-refractivity contribution in [3.05, 3.63) is 70.3 Å². The zero-order chi connectivity index (χ0) is 12.7. The molecule has 0 bridgehead atoms. The molecule has 0 saturated heterocycles. The minimum absolute atomic E-state index is 0.316. The van der Waals surface area contributed by atoms with Crippen LogP contribution in [0.3, 0.4) is 0 Å². The van der Waals surface area contributed by atoms with Crippen LogP contribution in [0.4, 0.5) is 0 Å². The number of rotatable bonds is 4. The van der Waals surface area contributed by atoms with Gasteiger partial charge in [-0.25, -0.2) is 0 Å². The summed E-state index contributed by atoms with van der Waals surface area (Å²) in [5, 5.41) is 0.762. The van der Waals surface area contributed by atoms with Crippen molar-refractivity contribution in [2.75, 3.05) is 0 Å². The summed E-state index contributed by atoms with van der Waals surface area (Å²) >= 11 is 11.4. The van der Waals surface area contributed by atoms with Gasteiger partial charge in [-0.15, -0.1) is 0 Å². The molecule has 0 heterocycles. The molecule has 0 aliphatic heterocycles. The maximum atomic E-state index is 5.88. The number of hydrogen-bond donors (Lipinski definition) is 0. The van der Waals surface area contributed by atoms with Gasteiger partial charge in [0.1, 0.15) is 0 Å². The number of allylic oxidation sites excluding steroid dienone is 5. The summed E-state index contributed by atoms with van der Waals surface area (Å²) in [4.78, 5) is 0. The summed E-state index contributed by atoms with van der Waals surface area (Å²) < 4.78 is 0. The molecule has 0 aliphatic rings. The Hall–Kier alpha value is -0.980. The molecule has 90 valence electrons. The highest BCUT2D eigenvalue weighted by Crippen LogP contribution is 2.26. The average molecular weight is 267 g/mol. The lowest BCUT2D eigenvalue weighted by Crippen LogP contribution is -1.95. The third-order valence-electron chi connectivity index (χ3n) is 2.59. The van der Waals surface area contributed by atoms with Crippen molar-refractivity contribution < 1.29 is 0 Å². The Kier molecular flexibility index (Phi) is 6.10. The summed E-state index contributed by atoms with van der Waals surface area (Å²) in [5.41, 5.74) is 3.96. The van der Waals surface area contributed by atoms with E-state index in [-0.39, 0.29) is 0 Å². The molecule has 0 radical (unpaired) electrons. The van der Waals surface area contributed by atoms with E-state index in [1.54, 1.807) is 0 Å². The van der Waals surface area contributed by atoms with Crippen molar-refractivity contribution in [1.82, 2.24) is 0 Å². The topological polar surface area (TPSA) is 0 Å². The number of hydrogen-bond acceptors (Lipinski definition) is 0. The van der Waals surface area contributed by atoms with Gasteiger partial charge in [-0.3, -0.25) is 0 Å². The van der Waals surface area contributed by atoms with Crippen molar-refractivity contribution in [2.45, 2.75) is 19.8 Å². The van der Waals surface area contributed by atoms with Crippen LogP contribution in [0, 0.1) is 0 Å². The minimum Gasteiger partial charge on any atom is -0.0930 e. The molecule has 0 amide bonds. The van der Waals surface area contributed by atoms with Crippen LogP contribution in [0.25, 0.3) is 0 Å². The van der Waals surface area contributed by atoms with Gasteiger partial charge in [0.05, 0.1) is 0 Å². The second kappa shape index (κ2) is 7.37. The van der Waals surface area contributed by atoms with Crippen LogP contribution in [0.5, 0.6) is 0 Å². The van der Waals surface area contributed by atoms with E-state index in [1.165, 1.54) is 16.7 Å². The van der Waals surface area contributed by atoms with Crippen molar-refractivity contribution in [3.63, 3.8) is 0 Å². The first-order valence-corrected chi connectivity index (χ1v) is 6.35. The predicted molar refractivity (Wildman–Crippen MR) is 77.8 cm³/mol. The minimum atomic E-state index is 0.316. The lowest BCUT2D eigenvalue weighted by Gasteiger charge is -2.13. The lowest BCUT2D eigenvalue weighted by atomic mass is 9.92. The fourth-order valence-electron chi connectivity index (χ4n) is 1.63. The van der Waals surface area contributed by atoms with Crippen molar-refractivity contribution in [1.29, 1.82) is 0 Å². The van der Waals surface area contributed by atoms with Gasteiger partial charge in [0.25, 0.3) is 0 Å². The molecule has 0 N–H and O–H groups in total. The van der Waals surface area contributed by atoms with Gasteiger partial charge in [0.15, 0.2) is 0 Å². The SMILES string of the molecule is C\C=C/C(=C\C=C\Cl)C(C)c1ccc(Cl)cc1. The maximum Gasteiger partial charge on any atom is 0.0406 e. The van der Waals surface area contributed by atoms with Crippen LogP contribution in [-0.2, 0) is 0 Å². The molecule has 0 saturated carbocycles. The monoisotopic (exact) mass is 266 g/mol. The van der Waals surface area contributed by atoms with Gasteiger partial charge in [-0.1, -0.05) is 66.6 Å². The highest BCUT2D eigenvalue weighted by Gasteiger charge is 2.08. The third-order valence-corrected chi connectivity index (χ3v) is 2.99. The third kappa shape index (κ3) is 4.41. The first-order chi connectivity index (χ1) is 8.19. The Labute approximate surface area is 113 Å². The molecule has 1 unspecified atom stereocenters. The van der Waals surface area contributed by atoms with Crippen molar-refractivity contribution >= 4 is 23.2 Å². The van der Waals surface area contributed by atoms with Crippen LogP contribution in [0.1, 0.15) is 25.3 Å². The standard InChI is InChI=1S/C15H16Cl2/c1-3-5-13(6-4-11-16)12(2)14-7-9-15(17)10-8-14/h3-12H,1-2H3/b5-3-,11-4+,13-6+. The largest absolute Gasteiger partial charge is 0.0930 e. The van der Waals surface area contributed by atoms with Crippen LogP contribution in [-0.4, -0.2) is 0 Å². The van der Waals surface area contributed by atoms with E-state index in [2.05, 4.69) is 25.1 Å². The van der Waals surface area contributed by atoms with E-state index in [0.29, 0.717) is 5.92 Å². The molecule has 0 aliphatic carbocycles. The Morgan fingerprint density at radius 2 is 1.88 bits per heavy atom. The second-order valence-corrected chi connectivity index (χ2v) is 4.45. The molecule has 0 aromatic heterocycles. The van der Waals surface area contributed by atoms with Crippen LogP contribution in [0.15, 0.2) is 59.7 Å². The smallest absolute Gasteiger partial charge is 0.0406 e. The van der Waals surface area contributed by atoms with Crippen LogP contribution >= 0.6 is 23.2 Å². The summed E-state index contributed by atoms with van der Waals surface area (Å²) in [5.74, 6) is 0.316. The number of benzene rings is 1. The zero-order valence-electron chi connectivity index (χ0n) is 10.0. The lowest BCUT2D eigenvalue weighted by molar-refractivity contribution is 0.921. The molecule has 0 fully saturated rings. The van der Waals surface area contributed by atoms with Crippen LogP contribution in [0.2, 0.25) is 5.02 Å². The summed E-state index contributed by atoms with van der Waals surface area (Å²) in [6.07, 6.45) is 7.98. The van der Waals surface area contributed by atoms with Crippen molar-refractivity contribution in [3.8, 4) is 0 Å². The average Bonchev–Trinajstić information content (AvgIpc) is 2.34. The van der Waals surface area contributed by atoms with Crippen LogP contribution < -0.4 is 0 Å². The molecule has 0 nitrogen and oxygen atoms in total. The molecule has 2 heteroatoms. The molecular formula is C15H16Cl2. The highest BCUT2D eigenvalue weighted by atomic mass is 35.5. The van der Waals surface area contributed by atoms with Gasteiger partial charge in [0, 0.05) is 16.5 Å². The van der Waals surface area contributed by atoms with E-state index in [9.17, 15) is 0 Å². The van der Waals surface area contributed by atoms with E-state index < -0.39 is 0 Å². The molecule has 17 heavy (non-hydrogen) atoms. The Morgan fingerprint density at radius 1 is 1.24 bits per heavy atom. The quantitative estimate of drug-likeness (QED) is 0.614.